The van der Waals surface area contributed by atoms with E-state index in [9.17, 15) is 20.1 Å². The Hall–Kier alpha value is -0.950. The summed E-state index contributed by atoms with van der Waals surface area (Å²) < 4.78 is 5.65. The second kappa shape index (κ2) is 10.0. The highest BCUT2D eigenvalue weighted by atomic mass is 35.5. The lowest BCUT2D eigenvalue weighted by molar-refractivity contribution is -0.223. The molecular weight excluding hydrogens is 374 g/mol. The van der Waals surface area contributed by atoms with Gasteiger partial charge in [0.15, 0.2) is 0 Å². The van der Waals surface area contributed by atoms with E-state index in [1.54, 1.807) is 13.8 Å². The van der Waals surface area contributed by atoms with Crippen LogP contribution < -0.4 is 10.6 Å². The second-order valence-electron chi connectivity index (χ2n) is 7.57. The molecule has 0 saturated carbocycles. The van der Waals surface area contributed by atoms with Crippen LogP contribution in [0, 0.1) is 12.5 Å². The lowest BCUT2D eigenvalue weighted by atomic mass is 9.90. The molecule has 8 nitrogen and oxygen atoms in total. The summed E-state index contributed by atoms with van der Waals surface area (Å²) in [6.45, 7) is 11.4. The Morgan fingerprint density at radius 3 is 2.63 bits per heavy atom. The van der Waals surface area contributed by atoms with Crippen LogP contribution in [0.5, 0.6) is 0 Å². The fraction of sp³-hybridized carbons (Fsp3) is 0.889. The molecule has 2 aliphatic heterocycles. The van der Waals surface area contributed by atoms with Gasteiger partial charge < -0.3 is 35.5 Å². The molecule has 2 heterocycles. The maximum atomic E-state index is 12.8. The molecule has 27 heavy (non-hydrogen) atoms. The van der Waals surface area contributed by atoms with E-state index in [0.717, 1.165) is 12.8 Å². The van der Waals surface area contributed by atoms with Crippen molar-refractivity contribution in [2.45, 2.75) is 81.1 Å². The largest absolute Gasteiger partial charge is 0.388 e. The molecule has 2 fully saturated rings. The molecular formula is C18H30ClN3O5. The Bertz CT molecular complexity index is 544. The fourth-order valence-corrected chi connectivity index (χ4v) is 3.96. The number of nitrogens with one attached hydrogen (secondary N) is 2. The first-order valence-electron chi connectivity index (χ1n) is 9.47. The first-order valence-corrected chi connectivity index (χ1v) is 9.90. The van der Waals surface area contributed by atoms with Gasteiger partial charge in [0.1, 0.15) is 24.4 Å². The van der Waals surface area contributed by atoms with Gasteiger partial charge in [0.05, 0.1) is 23.6 Å². The average Bonchev–Trinajstić information content (AvgIpc) is 2.87. The third kappa shape index (κ3) is 5.53. The number of rotatable bonds is 5. The van der Waals surface area contributed by atoms with Crippen LogP contribution in [0.25, 0.3) is 4.85 Å². The highest BCUT2D eigenvalue weighted by Gasteiger charge is 2.46. The molecule has 2 rings (SSSR count). The van der Waals surface area contributed by atoms with Gasteiger partial charge in [0.2, 0.25) is 12.5 Å². The first kappa shape index (κ1) is 22.3. The Balaban J connectivity index is 2.03. The average molecular weight is 404 g/mol. The molecule has 8 unspecified atom stereocenters. The predicted molar refractivity (Wildman–Crippen MR) is 100 cm³/mol. The van der Waals surface area contributed by atoms with Gasteiger partial charge >= 0.3 is 0 Å². The van der Waals surface area contributed by atoms with Gasteiger partial charge in [0, 0.05) is 5.92 Å². The Labute approximate surface area is 165 Å². The standard InChI is InChI=1S/C18H30ClN3O5/c1-9(19)13(17-16(25)15(24)14(23)10(2)27-17)22-18(26)12-5-4-11(8-20-3)6-7-21-12/h9-17,21,23-25H,4-8H2,1-2H3,(H,22,26)/t9?,10?,11-,12?,13?,14?,15?,16?,17?/m0/s1. The van der Waals surface area contributed by atoms with Crippen molar-refractivity contribution in [2.75, 3.05) is 13.1 Å². The maximum absolute atomic E-state index is 12.8. The summed E-state index contributed by atoms with van der Waals surface area (Å²) in [5.41, 5.74) is 0. The smallest absolute Gasteiger partial charge is 0.237 e. The predicted octanol–water partition coefficient (Wildman–Crippen LogP) is -0.354. The zero-order valence-electron chi connectivity index (χ0n) is 15.7. The maximum Gasteiger partial charge on any atom is 0.237 e. The van der Waals surface area contributed by atoms with Crippen LogP contribution in [0.3, 0.4) is 0 Å². The quantitative estimate of drug-likeness (QED) is 0.316. The molecule has 0 aromatic heterocycles. The molecule has 0 bridgehead atoms. The summed E-state index contributed by atoms with van der Waals surface area (Å²) in [4.78, 5) is 16.2. The number of amides is 1. The van der Waals surface area contributed by atoms with Crippen molar-refractivity contribution in [1.29, 1.82) is 0 Å². The number of carbonyl (C=O) groups is 1. The van der Waals surface area contributed by atoms with E-state index in [1.165, 1.54) is 0 Å². The summed E-state index contributed by atoms with van der Waals surface area (Å²) in [6.07, 6.45) is -3.33. The van der Waals surface area contributed by atoms with E-state index in [1.807, 2.05) is 0 Å². The fourth-order valence-electron chi connectivity index (χ4n) is 3.75. The van der Waals surface area contributed by atoms with E-state index in [0.29, 0.717) is 19.5 Å². The van der Waals surface area contributed by atoms with E-state index >= 15 is 0 Å². The zero-order valence-corrected chi connectivity index (χ0v) is 16.5. The number of aliphatic hydroxyl groups is 3. The molecule has 1 amide bonds. The van der Waals surface area contributed by atoms with E-state index in [2.05, 4.69) is 15.5 Å². The highest BCUT2D eigenvalue weighted by molar-refractivity contribution is 6.21. The van der Waals surface area contributed by atoms with Crippen LogP contribution in [-0.2, 0) is 9.53 Å². The number of aliphatic hydroxyl groups excluding tert-OH is 3. The van der Waals surface area contributed by atoms with Crippen molar-refractivity contribution in [3.05, 3.63) is 11.4 Å². The monoisotopic (exact) mass is 403 g/mol. The number of hydrogen-bond donors (Lipinski definition) is 5. The van der Waals surface area contributed by atoms with Gasteiger partial charge in [-0.05, 0) is 39.7 Å². The minimum atomic E-state index is -1.38. The molecule has 2 aliphatic rings. The number of halogens is 1. The SMILES string of the molecule is [C-]#[N+]C[C@@H]1CCNC(C(=O)NC(C(C)Cl)C2OC(C)C(O)C(O)C2O)CC1. The third-order valence-electron chi connectivity index (χ3n) is 5.52. The summed E-state index contributed by atoms with van der Waals surface area (Å²) in [6, 6.07) is -1.14. The van der Waals surface area contributed by atoms with Gasteiger partial charge in [-0.15, -0.1) is 11.6 Å². The van der Waals surface area contributed by atoms with Crippen molar-refractivity contribution in [3.8, 4) is 0 Å². The van der Waals surface area contributed by atoms with Crippen molar-refractivity contribution in [2.24, 2.45) is 5.92 Å². The number of nitrogens with zero attached hydrogens (tertiary/aromatic N) is 1. The van der Waals surface area contributed by atoms with Gasteiger partial charge in [-0.1, -0.05) is 0 Å². The zero-order chi connectivity index (χ0) is 20.1. The second-order valence-corrected chi connectivity index (χ2v) is 8.26. The summed E-state index contributed by atoms with van der Waals surface area (Å²) in [5.74, 6) is 0.0385. The molecule has 0 radical (unpaired) electrons. The number of alkyl halides is 1. The number of carbonyl (C=O) groups excluding carboxylic acids is 1. The Morgan fingerprint density at radius 1 is 1.30 bits per heavy atom. The third-order valence-corrected chi connectivity index (χ3v) is 5.79. The van der Waals surface area contributed by atoms with Crippen LogP contribution in [0.15, 0.2) is 0 Å². The molecule has 2 saturated heterocycles. The number of ether oxygens (including phenoxy) is 1. The minimum Gasteiger partial charge on any atom is -0.388 e. The molecule has 0 aromatic rings. The molecule has 154 valence electrons. The normalized spacial score (nSPS) is 39.7. The number of hydrogen-bond acceptors (Lipinski definition) is 6. The summed E-state index contributed by atoms with van der Waals surface area (Å²) in [5, 5.41) is 35.7. The van der Waals surface area contributed by atoms with E-state index < -0.39 is 48.0 Å². The van der Waals surface area contributed by atoms with Gasteiger partial charge in [-0.25, -0.2) is 6.57 Å². The van der Waals surface area contributed by atoms with Crippen LogP contribution in [0.2, 0.25) is 0 Å². The van der Waals surface area contributed by atoms with Crippen molar-refractivity contribution >= 4 is 17.5 Å². The van der Waals surface area contributed by atoms with Gasteiger partial charge in [-0.2, -0.15) is 0 Å². The molecule has 0 aliphatic carbocycles. The van der Waals surface area contributed by atoms with Crippen LogP contribution in [-0.4, -0.2) is 82.3 Å². The first-order chi connectivity index (χ1) is 12.8. The molecule has 5 N–H and O–H groups in total. The van der Waals surface area contributed by atoms with Crippen LogP contribution in [0.4, 0.5) is 0 Å². The Kier molecular flexibility index (Phi) is 8.28. The lowest BCUT2D eigenvalue weighted by Gasteiger charge is -2.43. The summed E-state index contributed by atoms with van der Waals surface area (Å²) in [7, 11) is 0. The van der Waals surface area contributed by atoms with Crippen LogP contribution in [0.1, 0.15) is 33.1 Å². The molecule has 9 atom stereocenters. The van der Waals surface area contributed by atoms with Crippen LogP contribution >= 0.6 is 11.6 Å². The molecule has 0 aromatic carbocycles. The minimum absolute atomic E-state index is 0.250. The van der Waals surface area contributed by atoms with Gasteiger partial charge in [-0.3, -0.25) is 4.79 Å². The molecule has 0 spiro atoms. The topological polar surface area (TPSA) is 115 Å². The Morgan fingerprint density at radius 2 is 2.00 bits per heavy atom. The van der Waals surface area contributed by atoms with Crippen molar-refractivity contribution < 1.29 is 24.9 Å². The summed E-state index contributed by atoms with van der Waals surface area (Å²) >= 11 is 6.25. The van der Waals surface area contributed by atoms with Gasteiger partial charge in [0.25, 0.3) is 0 Å². The van der Waals surface area contributed by atoms with E-state index in [-0.39, 0.29) is 11.8 Å². The molecule has 9 heteroatoms. The lowest BCUT2D eigenvalue weighted by Crippen LogP contribution is -2.65. The van der Waals surface area contributed by atoms with Crippen molar-refractivity contribution in [1.82, 2.24) is 10.6 Å². The van der Waals surface area contributed by atoms with E-state index in [4.69, 9.17) is 22.9 Å². The highest BCUT2D eigenvalue weighted by Crippen LogP contribution is 2.26. The van der Waals surface area contributed by atoms with Crippen molar-refractivity contribution in [3.63, 3.8) is 0 Å².